The first kappa shape index (κ1) is 25.1. The number of rotatable bonds is 6. The average Bonchev–Trinajstić information content (AvgIpc) is 3.51. The highest BCUT2D eigenvalue weighted by Crippen LogP contribution is 2.34. The van der Waals surface area contributed by atoms with E-state index in [-0.39, 0.29) is 12.4 Å². The number of aryl methyl sites for hydroxylation is 1. The van der Waals surface area contributed by atoms with Gasteiger partial charge in [-0.2, -0.15) is 0 Å². The van der Waals surface area contributed by atoms with Gasteiger partial charge in [0, 0.05) is 47.1 Å². The van der Waals surface area contributed by atoms with Gasteiger partial charge in [-0.3, -0.25) is 14.4 Å². The zero-order valence-electron chi connectivity index (χ0n) is 22.1. The largest absolute Gasteiger partial charge is 0.497 e. The van der Waals surface area contributed by atoms with Gasteiger partial charge in [0.2, 0.25) is 5.88 Å². The molecule has 0 fully saturated rings. The van der Waals surface area contributed by atoms with Crippen LogP contribution in [-0.4, -0.2) is 44.1 Å². The molecule has 1 aliphatic rings. The monoisotopic (exact) mass is 510 g/mol. The third kappa shape index (κ3) is 4.98. The van der Waals surface area contributed by atoms with Gasteiger partial charge in [-0.25, -0.2) is 4.98 Å². The Kier molecular flexibility index (Phi) is 6.40. The minimum absolute atomic E-state index is 0.125. The lowest BCUT2D eigenvalue weighted by molar-refractivity contribution is -0.155. The number of benzene rings is 2. The molecule has 3 heterocycles. The van der Waals surface area contributed by atoms with Crippen LogP contribution in [0.4, 0.5) is 5.69 Å². The summed E-state index contributed by atoms with van der Waals surface area (Å²) in [7, 11) is 3.62. The highest BCUT2D eigenvalue weighted by molar-refractivity contribution is 6.21. The van der Waals surface area contributed by atoms with Crippen molar-refractivity contribution in [3.8, 4) is 11.6 Å². The molecule has 8 heteroatoms. The Morgan fingerprint density at radius 3 is 2.68 bits per heavy atom. The Bertz CT molecular complexity index is 1630. The molecule has 0 atom stereocenters. The van der Waals surface area contributed by atoms with Crippen LogP contribution in [0.2, 0.25) is 0 Å². The maximum Gasteiger partial charge on any atom is 0.326 e. The minimum Gasteiger partial charge on any atom is -0.497 e. The van der Waals surface area contributed by atoms with Gasteiger partial charge in [0.25, 0.3) is 0 Å². The lowest BCUT2D eigenvalue weighted by Crippen LogP contribution is -2.26. The summed E-state index contributed by atoms with van der Waals surface area (Å²) >= 11 is 0. The van der Waals surface area contributed by atoms with E-state index in [0.29, 0.717) is 11.5 Å². The van der Waals surface area contributed by atoms with E-state index in [1.807, 2.05) is 66.4 Å². The number of methoxy groups -OCH3 is 1. The highest BCUT2D eigenvalue weighted by atomic mass is 16.6. The van der Waals surface area contributed by atoms with Crippen molar-refractivity contribution in [1.82, 2.24) is 14.1 Å². The van der Waals surface area contributed by atoms with Crippen LogP contribution in [0.15, 0.2) is 53.7 Å². The summed E-state index contributed by atoms with van der Waals surface area (Å²) in [6.45, 7) is 5.23. The fourth-order valence-corrected chi connectivity index (χ4v) is 4.49. The van der Waals surface area contributed by atoms with Crippen LogP contribution >= 0.6 is 0 Å². The number of esters is 1. The lowest BCUT2D eigenvalue weighted by Gasteiger charge is -2.20. The van der Waals surface area contributed by atoms with Crippen molar-refractivity contribution in [1.29, 1.82) is 0 Å². The standard InChI is InChI=1S/C30H30N4O4/c1-30(2,3)38-28(35)18-34-27(13-10-19-17-33(4)26-12-11-21(37-5)15-23(19)26)32-25(29(34)36)14-20-16-31-24-9-7-6-8-22(20)24/h6-17,36H,18H2,1-5H3/b13-10+,20-14?. The Balaban J connectivity index is 1.56. The number of para-hydroxylation sites is 1. The van der Waals surface area contributed by atoms with E-state index >= 15 is 0 Å². The van der Waals surface area contributed by atoms with Crippen molar-refractivity contribution in [3.05, 3.63) is 71.3 Å². The molecule has 0 unspecified atom stereocenters. The van der Waals surface area contributed by atoms with Crippen molar-refractivity contribution in [2.45, 2.75) is 32.9 Å². The van der Waals surface area contributed by atoms with Gasteiger partial charge in [-0.15, -0.1) is 0 Å². The molecule has 38 heavy (non-hydrogen) atoms. The predicted molar refractivity (Wildman–Crippen MR) is 151 cm³/mol. The Labute approximate surface area is 221 Å². The second-order valence-electron chi connectivity index (χ2n) is 10.1. The summed E-state index contributed by atoms with van der Waals surface area (Å²) in [6, 6.07) is 13.7. The number of aromatic hydroxyl groups is 1. The van der Waals surface area contributed by atoms with Crippen LogP contribution in [0.3, 0.4) is 0 Å². The molecule has 5 rings (SSSR count). The van der Waals surface area contributed by atoms with E-state index in [4.69, 9.17) is 9.47 Å². The molecular weight excluding hydrogens is 480 g/mol. The summed E-state index contributed by atoms with van der Waals surface area (Å²) < 4.78 is 14.4. The molecule has 0 amide bonds. The van der Waals surface area contributed by atoms with Gasteiger partial charge < -0.3 is 19.1 Å². The molecule has 0 spiro atoms. The summed E-state index contributed by atoms with van der Waals surface area (Å²) in [5.41, 5.74) is 4.33. The second kappa shape index (κ2) is 9.70. The third-order valence-corrected chi connectivity index (χ3v) is 6.19. The minimum atomic E-state index is -0.653. The third-order valence-electron chi connectivity index (χ3n) is 6.19. The van der Waals surface area contributed by atoms with Gasteiger partial charge >= 0.3 is 5.97 Å². The first-order valence-corrected chi connectivity index (χ1v) is 12.3. The Morgan fingerprint density at radius 1 is 1.13 bits per heavy atom. The van der Waals surface area contributed by atoms with E-state index in [1.54, 1.807) is 46.2 Å². The normalized spacial score (nSPS) is 14.1. The highest BCUT2D eigenvalue weighted by Gasteiger charge is 2.22. The van der Waals surface area contributed by atoms with E-state index in [0.717, 1.165) is 39.0 Å². The van der Waals surface area contributed by atoms with Gasteiger partial charge in [0.15, 0.2) is 0 Å². The summed E-state index contributed by atoms with van der Waals surface area (Å²) in [5.74, 6) is 0.584. The number of aliphatic imine (C=N–C) groups is 1. The molecule has 0 saturated carbocycles. The molecule has 0 radical (unpaired) electrons. The number of imidazole rings is 1. The number of allylic oxidation sites excluding steroid dienone is 1. The fraction of sp³-hybridized carbons (Fsp3) is 0.233. The lowest BCUT2D eigenvalue weighted by atomic mass is 10.1. The number of fused-ring (bicyclic) bond motifs is 2. The smallest absolute Gasteiger partial charge is 0.326 e. The number of carbonyl (C=O) groups excluding carboxylic acids is 1. The molecule has 2 aromatic carbocycles. The number of carbonyl (C=O) groups is 1. The zero-order valence-corrected chi connectivity index (χ0v) is 22.1. The molecule has 2 aromatic heterocycles. The van der Waals surface area contributed by atoms with Crippen LogP contribution in [-0.2, 0) is 23.1 Å². The molecule has 0 saturated heterocycles. The van der Waals surface area contributed by atoms with E-state index in [2.05, 4.69) is 9.98 Å². The maximum atomic E-state index is 12.7. The van der Waals surface area contributed by atoms with Gasteiger partial charge in [-0.1, -0.05) is 18.2 Å². The second-order valence-corrected chi connectivity index (χ2v) is 10.1. The van der Waals surface area contributed by atoms with E-state index in [9.17, 15) is 9.90 Å². The number of aromatic nitrogens is 3. The predicted octanol–water partition coefficient (Wildman–Crippen LogP) is 5.86. The molecule has 194 valence electrons. The van der Waals surface area contributed by atoms with Crippen molar-refractivity contribution in [2.24, 2.45) is 12.0 Å². The van der Waals surface area contributed by atoms with Crippen molar-refractivity contribution < 1.29 is 19.4 Å². The number of ether oxygens (including phenoxy) is 2. The summed E-state index contributed by atoms with van der Waals surface area (Å²) in [5, 5.41) is 12.2. The van der Waals surface area contributed by atoms with E-state index < -0.39 is 11.6 Å². The average molecular weight is 511 g/mol. The maximum absolute atomic E-state index is 12.7. The van der Waals surface area contributed by atoms with Crippen molar-refractivity contribution in [2.75, 3.05) is 7.11 Å². The molecule has 1 N–H and O–H groups in total. The molecular formula is C30H30N4O4. The van der Waals surface area contributed by atoms with Crippen molar-refractivity contribution in [3.63, 3.8) is 0 Å². The number of nitrogens with zero attached hydrogens (tertiary/aromatic N) is 4. The quantitative estimate of drug-likeness (QED) is 0.328. The fourth-order valence-electron chi connectivity index (χ4n) is 4.49. The van der Waals surface area contributed by atoms with Crippen LogP contribution in [0.5, 0.6) is 11.6 Å². The first-order valence-electron chi connectivity index (χ1n) is 12.3. The van der Waals surface area contributed by atoms with Crippen LogP contribution < -0.4 is 4.74 Å². The zero-order chi connectivity index (χ0) is 27.0. The molecule has 0 aliphatic carbocycles. The number of hydrogen-bond acceptors (Lipinski definition) is 6. The molecule has 8 nitrogen and oxygen atoms in total. The van der Waals surface area contributed by atoms with Gasteiger partial charge in [-0.05, 0) is 63.3 Å². The molecule has 4 aromatic rings. The number of hydrogen-bond donors (Lipinski definition) is 1. The van der Waals surface area contributed by atoms with Gasteiger partial charge in [0.05, 0.1) is 12.8 Å². The van der Waals surface area contributed by atoms with Crippen molar-refractivity contribution >= 4 is 52.6 Å². The SMILES string of the molecule is COc1ccc2c(c1)c(/C=C/c1nc(C=C3C=Nc4ccccc43)c(O)n1CC(=O)OC(C)(C)C)cn2C. The van der Waals surface area contributed by atoms with Crippen LogP contribution in [0.1, 0.15) is 43.4 Å². The Hall–Kier alpha value is -4.59. The van der Waals surface area contributed by atoms with Crippen LogP contribution in [0.25, 0.3) is 34.7 Å². The first-order chi connectivity index (χ1) is 18.1. The van der Waals surface area contributed by atoms with E-state index in [1.165, 1.54) is 4.57 Å². The van der Waals surface area contributed by atoms with Gasteiger partial charge in [0.1, 0.15) is 29.4 Å². The summed E-state index contributed by atoms with van der Waals surface area (Å²) in [6.07, 6.45) is 9.23. The summed E-state index contributed by atoms with van der Waals surface area (Å²) in [4.78, 5) is 21.8. The molecule has 1 aliphatic heterocycles. The molecule has 0 bridgehead atoms. The van der Waals surface area contributed by atoms with Crippen LogP contribution in [0, 0.1) is 0 Å². The topological polar surface area (TPSA) is 90.9 Å². The Morgan fingerprint density at radius 2 is 1.92 bits per heavy atom.